The van der Waals surface area contributed by atoms with Gasteiger partial charge in [0.05, 0.1) is 0 Å². The van der Waals surface area contributed by atoms with Crippen molar-refractivity contribution in [2.75, 3.05) is 13.1 Å². The van der Waals surface area contributed by atoms with Crippen molar-refractivity contribution in [3.8, 4) is 0 Å². The predicted molar refractivity (Wildman–Crippen MR) is 114 cm³/mol. The van der Waals surface area contributed by atoms with E-state index in [1.54, 1.807) is 0 Å². The lowest BCUT2D eigenvalue weighted by atomic mass is 9.91. The Morgan fingerprint density at radius 3 is 2.00 bits per heavy atom. The van der Waals surface area contributed by atoms with E-state index in [-0.39, 0.29) is 12.0 Å². The van der Waals surface area contributed by atoms with E-state index in [0.717, 1.165) is 58.0 Å². The maximum Gasteiger partial charge on any atom is 0.223 e. The number of hydrogen-bond donors (Lipinski definition) is 2. The fourth-order valence-electron chi connectivity index (χ4n) is 4.76. The second-order valence-electron chi connectivity index (χ2n) is 8.62. The minimum Gasteiger partial charge on any atom is -0.353 e. The molecule has 2 aromatic rings. The molecule has 28 heavy (non-hydrogen) atoms. The number of benzene rings is 2. The van der Waals surface area contributed by atoms with Gasteiger partial charge in [-0.1, -0.05) is 60.7 Å². The fourth-order valence-corrected chi connectivity index (χ4v) is 4.76. The fraction of sp³-hybridized carbons (Fsp3) is 0.480. The van der Waals surface area contributed by atoms with Crippen molar-refractivity contribution < 1.29 is 4.79 Å². The molecule has 1 spiro atoms. The minimum atomic E-state index is 0.241. The standard InChI is InChI=1S/C25H32N2O/c28-24(23-19-25(23)15-17-26-18-16-25)27-22(13-11-20-7-3-1-4-8-20)14-12-21-9-5-2-6-10-21/h1-10,22-23,26H,11-19H2,(H,27,28). The zero-order valence-electron chi connectivity index (χ0n) is 16.7. The molecule has 2 N–H and O–H groups in total. The molecule has 1 saturated heterocycles. The molecule has 0 aromatic heterocycles. The van der Waals surface area contributed by atoms with Gasteiger partial charge in [-0.05, 0) is 74.6 Å². The summed E-state index contributed by atoms with van der Waals surface area (Å²) in [6.07, 6.45) is 7.44. The third-order valence-corrected chi connectivity index (χ3v) is 6.70. The monoisotopic (exact) mass is 376 g/mol. The first kappa shape index (κ1) is 19.2. The number of rotatable bonds is 8. The Kier molecular flexibility index (Phi) is 6.11. The number of amides is 1. The molecule has 1 aliphatic heterocycles. The van der Waals surface area contributed by atoms with Crippen LogP contribution in [0.2, 0.25) is 0 Å². The molecule has 0 radical (unpaired) electrons. The van der Waals surface area contributed by atoms with Gasteiger partial charge in [-0.3, -0.25) is 4.79 Å². The summed E-state index contributed by atoms with van der Waals surface area (Å²) in [6.45, 7) is 2.13. The quantitative estimate of drug-likeness (QED) is 0.727. The zero-order valence-corrected chi connectivity index (χ0v) is 16.7. The molecule has 0 bridgehead atoms. The normalized spacial score (nSPS) is 20.2. The first-order valence-electron chi connectivity index (χ1n) is 10.8. The second kappa shape index (κ2) is 8.91. The number of carbonyl (C=O) groups is 1. The largest absolute Gasteiger partial charge is 0.353 e. The van der Waals surface area contributed by atoms with Crippen LogP contribution in [0.3, 0.4) is 0 Å². The number of nitrogens with one attached hydrogen (secondary N) is 2. The highest BCUT2D eigenvalue weighted by molar-refractivity contribution is 5.82. The van der Waals surface area contributed by atoms with Crippen LogP contribution < -0.4 is 10.6 Å². The lowest BCUT2D eigenvalue weighted by Gasteiger charge is -2.24. The van der Waals surface area contributed by atoms with Gasteiger partial charge in [0.15, 0.2) is 0 Å². The second-order valence-corrected chi connectivity index (χ2v) is 8.62. The van der Waals surface area contributed by atoms with E-state index in [1.165, 1.54) is 11.1 Å². The van der Waals surface area contributed by atoms with Crippen LogP contribution in [0.5, 0.6) is 0 Å². The molecule has 2 fully saturated rings. The van der Waals surface area contributed by atoms with Crippen LogP contribution in [-0.4, -0.2) is 25.0 Å². The molecule has 1 heterocycles. The number of aryl methyl sites for hydroxylation is 2. The molecule has 1 aliphatic carbocycles. The van der Waals surface area contributed by atoms with Crippen LogP contribution in [0.25, 0.3) is 0 Å². The minimum absolute atomic E-state index is 0.241. The van der Waals surface area contributed by atoms with Crippen LogP contribution in [0.1, 0.15) is 43.2 Å². The maximum absolute atomic E-state index is 13.0. The lowest BCUT2D eigenvalue weighted by molar-refractivity contribution is -0.124. The summed E-state index contributed by atoms with van der Waals surface area (Å²) in [5.41, 5.74) is 3.00. The first-order valence-corrected chi connectivity index (χ1v) is 10.8. The highest BCUT2D eigenvalue weighted by Gasteiger charge is 2.57. The maximum atomic E-state index is 13.0. The molecule has 4 rings (SSSR count). The van der Waals surface area contributed by atoms with E-state index in [1.807, 2.05) is 0 Å². The van der Waals surface area contributed by atoms with Crippen LogP contribution in [0.4, 0.5) is 0 Å². The third kappa shape index (κ3) is 4.82. The average molecular weight is 377 g/mol. The van der Waals surface area contributed by atoms with Crippen molar-refractivity contribution in [2.24, 2.45) is 11.3 Å². The third-order valence-electron chi connectivity index (χ3n) is 6.70. The molecule has 148 valence electrons. The molecule has 1 atom stereocenters. The Bertz CT molecular complexity index is 709. The number of hydrogen-bond acceptors (Lipinski definition) is 2. The van der Waals surface area contributed by atoms with Gasteiger partial charge in [-0.25, -0.2) is 0 Å². The van der Waals surface area contributed by atoms with Gasteiger partial charge in [-0.15, -0.1) is 0 Å². The molecule has 3 nitrogen and oxygen atoms in total. The van der Waals surface area contributed by atoms with E-state index in [4.69, 9.17) is 0 Å². The number of carbonyl (C=O) groups excluding carboxylic acids is 1. The SMILES string of the molecule is O=C(NC(CCc1ccccc1)CCc1ccccc1)C1CC12CCNCC2. The van der Waals surface area contributed by atoms with Gasteiger partial charge in [0, 0.05) is 12.0 Å². The zero-order chi connectivity index (χ0) is 19.2. The van der Waals surface area contributed by atoms with Gasteiger partial charge < -0.3 is 10.6 Å². The smallest absolute Gasteiger partial charge is 0.223 e. The van der Waals surface area contributed by atoms with Crippen LogP contribution in [0, 0.1) is 11.3 Å². The Hall–Kier alpha value is -2.13. The highest BCUT2D eigenvalue weighted by atomic mass is 16.2. The summed E-state index contributed by atoms with van der Waals surface area (Å²) in [5.74, 6) is 0.540. The molecular weight excluding hydrogens is 344 g/mol. The molecule has 3 heteroatoms. The Balaban J connectivity index is 1.35. The van der Waals surface area contributed by atoms with Gasteiger partial charge in [-0.2, -0.15) is 0 Å². The lowest BCUT2D eigenvalue weighted by Crippen LogP contribution is -2.39. The summed E-state index contributed by atoms with van der Waals surface area (Å²) in [6, 6.07) is 21.5. The van der Waals surface area contributed by atoms with Crippen LogP contribution in [0.15, 0.2) is 60.7 Å². The summed E-state index contributed by atoms with van der Waals surface area (Å²) in [5, 5.41) is 6.86. The molecule has 2 aliphatic rings. The molecule has 2 aromatic carbocycles. The number of piperidine rings is 1. The van der Waals surface area contributed by atoms with Gasteiger partial charge in [0.25, 0.3) is 0 Å². The van der Waals surface area contributed by atoms with Crippen LogP contribution >= 0.6 is 0 Å². The molecule has 1 amide bonds. The van der Waals surface area contributed by atoms with Crippen molar-refractivity contribution in [2.45, 2.75) is 51.0 Å². The Morgan fingerprint density at radius 1 is 0.929 bits per heavy atom. The summed E-state index contributed by atoms with van der Waals surface area (Å²) >= 11 is 0. The van der Waals surface area contributed by atoms with E-state index in [9.17, 15) is 4.79 Å². The Morgan fingerprint density at radius 2 is 1.46 bits per heavy atom. The Labute approximate surface area is 168 Å². The van der Waals surface area contributed by atoms with Gasteiger partial charge >= 0.3 is 0 Å². The van der Waals surface area contributed by atoms with E-state index < -0.39 is 0 Å². The molecule has 1 unspecified atom stereocenters. The van der Waals surface area contributed by atoms with Gasteiger partial charge in [0.1, 0.15) is 0 Å². The summed E-state index contributed by atoms with van der Waals surface area (Å²) in [7, 11) is 0. The molecular formula is C25H32N2O. The van der Waals surface area contributed by atoms with Gasteiger partial charge in [0.2, 0.25) is 5.91 Å². The summed E-state index contributed by atoms with van der Waals surface area (Å²) < 4.78 is 0. The van der Waals surface area contributed by atoms with Crippen molar-refractivity contribution in [3.63, 3.8) is 0 Å². The molecule has 1 saturated carbocycles. The highest BCUT2D eigenvalue weighted by Crippen LogP contribution is 2.58. The van der Waals surface area contributed by atoms with E-state index >= 15 is 0 Å². The van der Waals surface area contributed by atoms with Crippen LogP contribution in [-0.2, 0) is 17.6 Å². The predicted octanol–water partition coefficient (Wildman–Crippen LogP) is 4.13. The summed E-state index contributed by atoms with van der Waals surface area (Å²) in [4.78, 5) is 13.0. The van der Waals surface area contributed by atoms with E-state index in [2.05, 4.69) is 71.3 Å². The van der Waals surface area contributed by atoms with Crippen molar-refractivity contribution in [1.82, 2.24) is 10.6 Å². The van der Waals surface area contributed by atoms with Crippen molar-refractivity contribution in [1.29, 1.82) is 0 Å². The average Bonchev–Trinajstić information content (AvgIpc) is 3.44. The van der Waals surface area contributed by atoms with E-state index in [0.29, 0.717) is 11.3 Å². The van der Waals surface area contributed by atoms with Crippen molar-refractivity contribution >= 4 is 5.91 Å². The topological polar surface area (TPSA) is 41.1 Å². The van der Waals surface area contributed by atoms with Crippen molar-refractivity contribution in [3.05, 3.63) is 71.8 Å². The first-order chi connectivity index (χ1) is 13.8.